The first-order valence-electron chi connectivity index (χ1n) is 7.45. The van der Waals surface area contributed by atoms with Gasteiger partial charge in [0.05, 0.1) is 22.3 Å². The molecule has 0 radical (unpaired) electrons. The molecule has 4 heteroatoms. The number of hydrogen-bond acceptors (Lipinski definition) is 3. The number of hydrogen-bond donors (Lipinski definition) is 0. The van der Waals surface area contributed by atoms with Crippen molar-refractivity contribution in [2.24, 2.45) is 0 Å². The van der Waals surface area contributed by atoms with Crippen LogP contribution in [0.4, 0.5) is 5.69 Å². The second-order valence-electron chi connectivity index (χ2n) is 5.94. The topological polar surface area (TPSA) is 36.4 Å². The predicted octanol–water partition coefficient (Wildman–Crippen LogP) is 2.91. The van der Waals surface area contributed by atoms with Crippen molar-refractivity contribution < 1.29 is 4.79 Å². The van der Waals surface area contributed by atoms with Crippen molar-refractivity contribution in [3.05, 3.63) is 48.0 Å². The first kappa shape index (κ1) is 13.2. The number of nitrogens with zero attached hydrogens (tertiary/aromatic N) is 3. The third-order valence-electron chi connectivity index (χ3n) is 4.21. The standard InChI is InChI=1S/C18H17N3O/c1-20(2)10-11-21-15-9-5-8-14-17(15)16(18(21)22)12-6-3-4-7-13(12)19-14/h3-9H,10-11H2,1-2H3. The third-order valence-corrected chi connectivity index (χ3v) is 4.21. The number of likely N-dealkylation sites (N-methyl/N-ethyl adjacent to an activating group) is 1. The largest absolute Gasteiger partial charge is 0.308 e. The highest BCUT2D eigenvalue weighted by Crippen LogP contribution is 2.39. The monoisotopic (exact) mass is 291 g/mol. The lowest BCUT2D eigenvalue weighted by atomic mass is 10.0. The number of fused-ring (bicyclic) bond motifs is 2. The zero-order valence-corrected chi connectivity index (χ0v) is 12.7. The van der Waals surface area contributed by atoms with E-state index in [9.17, 15) is 4.79 Å². The lowest BCUT2D eigenvalue weighted by Gasteiger charge is -2.20. The molecule has 0 saturated carbocycles. The van der Waals surface area contributed by atoms with E-state index in [1.54, 1.807) is 0 Å². The van der Waals surface area contributed by atoms with Crippen molar-refractivity contribution >= 4 is 33.4 Å². The number of para-hydroxylation sites is 1. The van der Waals surface area contributed by atoms with Crippen molar-refractivity contribution in [3.63, 3.8) is 0 Å². The molecule has 0 bridgehead atoms. The first-order valence-corrected chi connectivity index (χ1v) is 7.45. The SMILES string of the molecule is CN(C)CCN1C(=O)c2c3ccccc3nc3cccc1c23. The smallest absolute Gasteiger partial charge is 0.259 e. The van der Waals surface area contributed by atoms with Crippen molar-refractivity contribution in [2.75, 3.05) is 32.1 Å². The average molecular weight is 291 g/mol. The Morgan fingerprint density at radius 2 is 1.82 bits per heavy atom. The van der Waals surface area contributed by atoms with Crippen LogP contribution in [0.15, 0.2) is 42.5 Å². The fraction of sp³-hybridized carbons (Fsp3) is 0.222. The molecular formula is C18H17N3O. The van der Waals surface area contributed by atoms with Gasteiger partial charge in [-0.2, -0.15) is 0 Å². The van der Waals surface area contributed by atoms with Gasteiger partial charge in [-0.25, -0.2) is 4.98 Å². The Labute approximate surface area is 129 Å². The molecule has 22 heavy (non-hydrogen) atoms. The zero-order valence-electron chi connectivity index (χ0n) is 12.7. The Hall–Kier alpha value is -2.46. The van der Waals surface area contributed by atoms with Crippen LogP contribution in [-0.4, -0.2) is 43.0 Å². The Kier molecular flexibility index (Phi) is 2.87. The van der Waals surface area contributed by atoms with E-state index in [-0.39, 0.29) is 5.91 Å². The molecule has 0 fully saturated rings. The molecule has 0 saturated heterocycles. The summed E-state index contributed by atoms with van der Waals surface area (Å²) in [7, 11) is 4.04. The summed E-state index contributed by atoms with van der Waals surface area (Å²) in [6.45, 7) is 1.52. The van der Waals surface area contributed by atoms with E-state index in [0.29, 0.717) is 6.54 Å². The molecule has 0 aliphatic carbocycles. The molecule has 4 rings (SSSR count). The fourth-order valence-corrected chi connectivity index (χ4v) is 3.14. The lowest BCUT2D eigenvalue weighted by Crippen LogP contribution is -2.34. The van der Waals surface area contributed by atoms with Crippen LogP contribution in [0.1, 0.15) is 10.4 Å². The molecule has 2 aromatic carbocycles. The summed E-state index contributed by atoms with van der Waals surface area (Å²) in [5.41, 5.74) is 3.56. The summed E-state index contributed by atoms with van der Waals surface area (Å²) in [5, 5.41) is 1.93. The molecule has 110 valence electrons. The van der Waals surface area contributed by atoms with Gasteiger partial charge in [-0.15, -0.1) is 0 Å². The van der Waals surface area contributed by atoms with Crippen LogP contribution in [0.5, 0.6) is 0 Å². The molecule has 0 unspecified atom stereocenters. The maximum atomic E-state index is 13.0. The van der Waals surface area contributed by atoms with Gasteiger partial charge >= 0.3 is 0 Å². The van der Waals surface area contributed by atoms with E-state index in [1.807, 2.05) is 61.5 Å². The van der Waals surface area contributed by atoms with E-state index in [2.05, 4.69) is 4.90 Å². The van der Waals surface area contributed by atoms with E-state index in [1.165, 1.54) is 0 Å². The molecule has 1 aromatic heterocycles. The fourth-order valence-electron chi connectivity index (χ4n) is 3.14. The second-order valence-corrected chi connectivity index (χ2v) is 5.94. The minimum Gasteiger partial charge on any atom is -0.308 e. The molecule has 0 spiro atoms. The summed E-state index contributed by atoms with van der Waals surface area (Å²) < 4.78 is 0. The maximum Gasteiger partial charge on any atom is 0.259 e. The molecule has 0 N–H and O–H groups in total. The van der Waals surface area contributed by atoms with Crippen LogP contribution in [0.3, 0.4) is 0 Å². The summed E-state index contributed by atoms with van der Waals surface area (Å²) in [6, 6.07) is 13.9. The van der Waals surface area contributed by atoms with Gasteiger partial charge in [0.1, 0.15) is 0 Å². The highest BCUT2D eigenvalue weighted by Gasteiger charge is 2.31. The summed E-state index contributed by atoms with van der Waals surface area (Å²) >= 11 is 0. The highest BCUT2D eigenvalue weighted by atomic mass is 16.2. The number of amides is 1. The summed E-state index contributed by atoms with van der Waals surface area (Å²) in [6.07, 6.45) is 0. The first-order chi connectivity index (χ1) is 10.7. The molecule has 1 amide bonds. The number of pyridine rings is 1. The molecule has 3 aromatic rings. The van der Waals surface area contributed by atoms with E-state index >= 15 is 0 Å². The van der Waals surface area contributed by atoms with Gasteiger partial charge in [0.25, 0.3) is 5.91 Å². The van der Waals surface area contributed by atoms with E-state index < -0.39 is 0 Å². The van der Waals surface area contributed by atoms with Crippen LogP contribution in [0.2, 0.25) is 0 Å². The van der Waals surface area contributed by atoms with Crippen molar-refractivity contribution in [2.45, 2.75) is 0 Å². The van der Waals surface area contributed by atoms with Crippen LogP contribution >= 0.6 is 0 Å². The van der Waals surface area contributed by atoms with Gasteiger partial charge in [-0.1, -0.05) is 24.3 Å². The second kappa shape index (κ2) is 4.78. The van der Waals surface area contributed by atoms with Crippen molar-refractivity contribution in [3.8, 4) is 0 Å². The van der Waals surface area contributed by atoms with Crippen molar-refractivity contribution in [1.82, 2.24) is 9.88 Å². The normalized spacial score (nSPS) is 13.8. The quantitative estimate of drug-likeness (QED) is 0.696. The van der Waals surface area contributed by atoms with Crippen molar-refractivity contribution in [1.29, 1.82) is 0 Å². The minimum absolute atomic E-state index is 0.0895. The molecule has 1 aliphatic heterocycles. The molecule has 1 aliphatic rings. The number of benzene rings is 2. The van der Waals surface area contributed by atoms with E-state index in [4.69, 9.17) is 4.98 Å². The lowest BCUT2D eigenvalue weighted by molar-refractivity contribution is 0.0993. The number of carbonyl (C=O) groups excluding carboxylic acids is 1. The van der Waals surface area contributed by atoms with Crippen LogP contribution in [0, 0.1) is 0 Å². The van der Waals surface area contributed by atoms with Gasteiger partial charge < -0.3 is 9.80 Å². The predicted molar refractivity (Wildman–Crippen MR) is 89.5 cm³/mol. The van der Waals surface area contributed by atoms with Crippen LogP contribution in [0.25, 0.3) is 21.8 Å². The van der Waals surface area contributed by atoms with Crippen LogP contribution in [-0.2, 0) is 0 Å². The summed E-state index contributed by atoms with van der Waals surface area (Å²) in [5.74, 6) is 0.0895. The van der Waals surface area contributed by atoms with Crippen LogP contribution < -0.4 is 4.90 Å². The Morgan fingerprint density at radius 3 is 2.64 bits per heavy atom. The zero-order chi connectivity index (χ0) is 15.3. The Morgan fingerprint density at radius 1 is 1.05 bits per heavy atom. The third kappa shape index (κ3) is 1.81. The van der Waals surface area contributed by atoms with Gasteiger partial charge in [0.2, 0.25) is 0 Å². The Bertz CT molecular complexity index is 901. The number of carbonyl (C=O) groups is 1. The molecule has 2 heterocycles. The van der Waals surface area contributed by atoms with E-state index in [0.717, 1.165) is 39.6 Å². The minimum atomic E-state index is 0.0895. The number of aromatic nitrogens is 1. The van der Waals surface area contributed by atoms with Gasteiger partial charge in [-0.3, -0.25) is 4.79 Å². The highest BCUT2D eigenvalue weighted by molar-refractivity contribution is 6.30. The van der Waals surface area contributed by atoms with Gasteiger partial charge in [0, 0.05) is 23.9 Å². The molecule has 4 nitrogen and oxygen atoms in total. The molecular weight excluding hydrogens is 274 g/mol. The Balaban J connectivity index is 1.98. The summed E-state index contributed by atoms with van der Waals surface area (Å²) in [4.78, 5) is 21.7. The molecule has 0 atom stereocenters. The maximum absolute atomic E-state index is 13.0. The van der Waals surface area contributed by atoms with Gasteiger partial charge in [-0.05, 0) is 32.3 Å². The van der Waals surface area contributed by atoms with Gasteiger partial charge in [0.15, 0.2) is 0 Å². The average Bonchev–Trinajstić information content (AvgIpc) is 2.80. The number of rotatable bonds is 3. The number of anilines is 1.